The van der Waals surface area contributed by atoms with E-state index in [1.54, 1.807) is 12.1 Å². The number of nitrogens with one attached hydrogen (secondary N) is 2. The molecule has 0 spiro atoms. The summed E-state index contributed by atoms with van der Waals surface area (Å²) in [6.07, 6.45) is 8.41. The maximum atomic E-state index is 12.9. The van der Waals surface area contributed by atoms with Gasteiger partial charge in [-0.1, -0.05) is 19.3 Å². The molecule has 1 aromatic rings. The van der Waals surface area contributed by atoms with Gasteiger partial charge in [0.15, 0.2) is 5.96 Å². The van der Waals surface area contributed by atoms with Gasteiger partial charge in [-0.2, -0.15) is 0 Å². The van der Waals surface area contributed by atoms with Crippen molar-refractivity contribution in [2.75, 3.05) is 32.8 Å². The molecule has 3 rings (SSSR count). The van der Waals surface area contributed by atoms with Crippen LogP contribution < -0.4 is 15.4 Å². The minimum absolute atomic E-state index is 0. The molecule has 2 aliphatic rings. The second-order valence-electron chi connectivity index (χ2n) is 8.38. The summed E-state index contributed by atoms with van der Waals surface area (Å²) >= 11 is 0. The van der Waals surface area contributed by atoms with Gasteiger partial charge in [0, 0.05) is 31.7 Å². The zero-order valence-electron chi connectivity index (χ0n) is 18.6. The first-order chi connectivity index (χ1) is 14.6. The maximum Gasteiger partial charge on any atom is 0.191 e. The van der Waals surface area contributed by atoms with Crippen molar-refractivity contribution >= 4 is 29.9 Å². The van der Waals surface area contributed by atoms with Gasteiger partial charge in [0.05, 0.1) is 6.54 Å². The van der Waals surface area contributed by atoms with Crippen LogP contribution in [-0.4, -0.2) is 66.9 Å². The minimum atomic E-state index is -0.723. The molecule has 8 heteroatoms. The Morgan fingerprint density at radius 2 is 1.84 bits per heavy atom. The first-order valence-corrected chi connectivity index (χ1v) is 11.5. The zero-order chi connectivity index (χ0) is 21.2. The Hall–Kier alpha value is -1.13. The van der Waals surface area contributed by atoms with Gasteiger partial charge in [0.1, 0.15) is 24.3 Å². The highest BCUT2D eigenvalue weighted by atomic mass is 127. The monoisotopic (exact) mass is 548 g/mol. The second-order valence-corrected chi connectivity index (χ2v) is 8.38. The summed E-state index contributed by atoms with van der Waals surface area (Å²) in [7, 11) is 0. The molecular weight excluding hydrogens is 510 g/mol. The van der Waals surface area contributed by atoms with Crippen LogP contribution in [0.1, 0.15) is 51.9 Å². The normalized spacial score (nSPS) is 20.0. The lowest BCUT2D eigenvalue weighted by atomic mass is 9.92. The number of ether oxygens (including phenoxy) is 1. The fraction of sp³-hybridized carbons (Fsp3) is 0.696. The molecule has 1 saturated carbocycles. The van der Waals surface area contributed by atoms with Crippen molar-refractivity contribution in [2.24, 2.45) is 4.99 Å². The third-order valence-corrected chi connectivity index (χ3v) is 6.02. The van der Waals surface area contributed by atoms with Crippen LogP contribution in [0.4, 0.5) is 4.39 Å². The summed E-state index contributed by atoms with van der Waals surface area (Å²) in [4.78, 5) is 7.21. The van der Waals surface area contributed by atoms with E-state index in [1.807, 2.05) is 6.92 Å². The Morgan fingerprint density at radius 1 is 1.16 bits per heavy atom. The molecule has 2 fully saturated rings. The minimum Gasteiger partial charge on any atom is -0.491 e. The van der Waals surface area contributed by atoms with Gasteiger partial charge in [-0.25, -0.2) is 4.39 Å². The number of aliphatic hydroxyl groups is 1. The van der Waals surface area contributed by atoms with E-state index in [4.69, 9.17) is 4.74 Å². The predicted octanol–water partition coefficient (Wildman–Crippen LogP) is 3.54. The lowest BCUT2D eigenvalue weighted by molar-refractivity contribution is 0.114. The Labute approximate surface area is 203 Å². The van der Waals surface area contributed by atoms with E-state index in [-0.39, 0.29) is 42.9 Å². The molecule has 1 aromatic carbocycles. The van der Waals surface area contributed by atoms with Crippen LogP contribution in [0, 0.1) is 5.82 Å². The van der Waals surface area contributed by atoms with Gasteiger partial charge in [0.2, 0.25) is 0 Å². The quantitative estimate of drug-likeness (QED) is 0.264. The second kappa shape index (κ2) is 14.1. The molecule has 31 heavy (non-hydrogen) atoms. The molecule has 6 nitrogen and oxygen atoms in total. The highest BCUT2D eigenvalue weighted by Gasteiger charge is 2.26. The largest absolute Gasteiger partial charge is 0.491 e. The average molecular weight is 548 g/mol. The summed E-state index contributed by atoms with van der Waals surface area (Å²) in [6, 6.07) is 6.99. The van der Waals surface area contributed by atoms with Crippen molar-refractivity contribution in [3.05, 3.63) is 30.1 Å². The molecule has 0 bridgehead atoms. The van der Waals surface area contributed by atoms with E-state index in [1.165, 1.54) is 44.2 Å². The van der Waals surface area contributed by atoms with Crippen LogP contribution in [0.2, 0.25) is 0 Å². The van der Waals surface area contributed by atoms with E-state index in [0.717, 1.165) is 44.5 Å². The van der Waals surface area contributed by atoms with Crippen LogP contribution in [-0.2, 0) is 0 Å². The number of piperidine rings is 1. The molecule has 1 saturated heterocycles. The Morgan fingerprint density at radius 3 is 2.48 bits per heavy atom. The smallest absolute Gasteiger partial charge is 0.191 e. The first kappa shape index (κ1) is 26.1. The maximum absolute atomic E-state index is 12.9. The summed E-state index contributed by atoms with van der Waals surface area (Å²) in [6.45, 7) is 5.48. The van der Waals surface area contributed by atoms with Crippen molar-refractivity contribution in [3.63, 3.8) is 0 Å². The fourth-order valence-electron chi connectivity index (χ4n) is 4.34. The molecule has 1 heterocycles. The highest BCUT2D eigenvalue weighted by molar-refractivity contribution is 14.0. The van der Waals surface area contributed by atoms with Gasteiger partial charge >= 0.3 is 0 Å². The number of rotatable bonds is 8. The van der Waals surface area contributed by atoms with Crippen LogP contribution in [0.15, 0.2) is 29.3 Å². The Bertz CT molecular complexity index is 647. The summed E-state index contributed by atoms with van der Waals surface area (Å²) < 4.78 is 18.4. The van der Waals surface area contributed by atoms with Crippen molar-refractivity contribution in [1.29, 1.82) is 0 Å². The summed E-state index contributed by atoms with van der Waals surface area (Å²) in [5.41, 5.74) is 0. The van der Waals surface area contributed by atoms with Crippen LogP contribution in [0.3, 0.4) is 0 Å². The van der Waals surface area contributed by atoms with E-state index < -0.39 is 6.10 Å². The average Bonchev–Trinajstić information content (AvgIpc) is 2.78. The van der Waals surface area contributed by atoms with Crippen LogP contribution in [0.5, 0.6) is 5.75 Å². The van der Waals surface area contributed by atoms with Gasteiger partial charge in [-0.15, -0.1) is 24.0 Å². The van der Waals surface area contributed by atoms with E-state index in [9.17, 15) is 9.50 Å². The fourth-order valence-corrected chi connectivity index (χ4v) is 4.34. The number of guanidine groups is 1. The lowest BCUT2D eigenvalue weighted by Gasteiger charge is -2.39. The van der Waals surface area contributed by atoms with E-state index >= 15 is 0 Å². The number of halogens is 2. The molecule has 3 N–H and O–H groups in total. The molecule has 1 aliphatic carbocycles. The summed E-state index contributed by atoms with van der Waals surface area (Å²) in [5.74, 6) is 0.974. The number of hydrogen-bond acceptors (Lipinski definition) is 4. The third-order valence-electron chi connectivity index (χ3n) is 6.02. The van der Waals surface area contributed by atoms with Crippen LogP contribution >= 0.6 is 24.0 Å². The Kier molecular flexibility index (Phi) is 11.9. The summed E-state index contributed by atoms with van der Waals surface area (Å²) in [5, 5.41) is 17.0. The lowest BCUT2D eigenvalue weighted by Crippen LogP contribution is -2.51. The molecule has 0 amide bonds. The topological polar surface area (TPSA) is 69.1 Å². The van der Waals surface area contributed by atoms with Gasteiger partial charge in [-0.3, -0.25) is 4.99 Å². The first-order valence-electron chi connectivity index (χ1n) is 11.5. The number of nitrogens with zero attached hydrogens (tertiary/aromatic N) is 2. The number of benzene rings is 1. The SMILES string of the molecule is CCNC(=NCC(O)COc1ccc(F)cc1)NC1CCN(C2CCCCC2)CC1.I. The molecular formula is C23H38FIN4O2. The van der Waals surface area contributed by atoms with Crippen molar-refractivity contribution in [2.45, 2.75) is 70.1 Å². The zero-order valence-corrected chi connectivity index (χ0v) is 20.9. The van der Waals surface area contributed by atoms with E-state index in [2.05, 4.69) is 20.5 Å². The molecule has 1 unspecified atom stereocenters. The third kappa shape index (κ3) is 9.10. The van der Waals surface area contributed by atoms with Crippen LogP contribution in [0.25, 0.3) is 0 Å². The van der Waals surface area contributed by atoms with Crippen molar-refractivity contribution in [3.8, 4) is 5.75 Å². The Balaban J connectivity index is 0.00000341. The highest BCUT2D eigenvalue weighted by Crippen LogP contribution is 2.25. The number of aliphatic imine (C=N–C) groups is 1. The molecule has 1 aliphatic heterocycles. The predicted molar refractivity (Wildman–Crippen MR) is 134 cm³/mol. The van der Waals surface area contributed by atoms with Gasteiger partial charge < -0.3 is 25.4 Å². The van der Waals surface area contributed by atoms with Gasteiger partial charge in [0.25, 0.3) is 0 Å². The number of hydrogen-bond donors (Lipinski definition) is 3. The molecule has 176 valence electrons. The number of likely N-dealkylation sites (tertiary alicyclic amines) is 1. The molecule has 0 radical (unpaired) electrons. The number of aliphatic hydroxyl groups excluding tert-OH is 1. The van der Waals surface area contributed by atoms with Crippen molar-refractivity contribution in [1.82, 2.24) is 15.5 Å². The van der Waals surface area contributed by atoms with E-state index in [0.29, 0.717) is 11.8 Å². The van der Waals surface area contributed by atoms with Gasteiger partial charge in [-0.05, 0) is 56.9 Å². The standard InChI is InChI=1S/C23H37FN4O2.HI/c1-2-25-23(26-16-21(29)17-30-22-10-8-18(24)9-11-22)27-19-12-14-28(15-13-19)20-6-4-3-5-7-20;/h8-11,19-21,29H,2-7,12-17H2,1H3,(H2,25,26,27);1H. The molecule has 0 aromatic heterocycles. The van der Waals surface area contributed by atoms with Crippen molar-refractivity contribution < 1.29 is 14.2 Å². The molecule has 1 atom stereocenters.